The fourth-order valence-electron chi connectivity index (χ4n) is 0.385. The standard InChI is InChI=1S/C6H6.OS2/c1-2-4-6-5-3-1;1-3-2/h1-6H;/p+1. The van der Waals surface area contributed by atoms with Crippen molar-refractivity contribution in [2.24, 2.45) is 0 Å². The minimum atomic E-state index is 0.194. The van der Waals surface area contributed by atoms with Crippen LogP contribution < -0.4 is 0 Å². The molecule has 48 valence electrons. The molecule has 0 atom stereocenters. The number of hydrogen-bond donors (Lipinski definition) is 1. The first kappa shape index (κ1) is 8.59. The molecule has 0 heterocycles. The average Bonchev–Trinajstić information content (AvgIpc) is 1.93. The van der Waals surface area contributed by atoms with Gasteiger partial charge in [0.05, 0.1) is 4.21 Å². The van der Waals surface area contributed by atoms with Gasteiger partial charge in [-0.05, 0) is 0 Å². The molecule has 0 saturated heterocycles. The van der Waals surface area contributed by atoms with Crippen molar-refractivity contribution < 1.29 is 4.21 Å². The molecule has 0 spiro atoms. The molecule has 1 nitrogen and oxygen atoms in total. The third-order valence-corrected chi connectivity index (χ3v) is 0.667. The maximum atomic E-state index is 8.71. The molecule has 1 aromatic carbocycles. The van der Waals surface area contributed by atoms with E-state index in [1.54, 1.807) is 0 Å². The predicted octanol–water partition coefficient (Wildman–Crippen LogP) is 1.95. The Morgan fingerprint density at radius 2 is 1.00 bits per heavy atom. The predicted molar refractivity (Wildman–Crippen MR) is 43.5 cm³/mol. The monoisotopic (exact) mass is 159 g/mol. The molecule has 1 rings (SSSR count). The van der Waals surface area contributed by atoms with E-state index >= 15 is 0 Å². The summed E-state index contributed by atoms with van der Waals surface area (Å²) in [6, 6.07) is 12.0. The van der Waals surface area contributed by atoms with Crippen molar-refractivity contribution in [1.29, 1.82) is 0 Å². The van der Waals surface area contributed by atoms with Crippen molar-refractivity contribution >= 4 is 22.4 Å². The van der Waals surface area contributed by atoms with Crippen LogP contribution in [0.2, 0.25) is 0 Å². The van der Waals surface area contributed by atoms with E-state index in [0.29, 0.717) is 0 Å². The first-order chi connectivity index (χ1) is 4.41. The average molecular weight is 159 g/mol. The van der Waals surface area contributed by atoms with Crippen LogP contribution in [0.3, 0.4) is 0 Å². The van der Waals surface area contributed by atoms with Gasteiger partial charge in [0.2, 0.25) is 11.7 Å². The van der Waals surface area contributed by atoms with Crippen LogP contribution in [-0.2, 0) is 14.9 Å². The van der Waals surface area contributed by atoms with Gasteiger partial charge >= 0.3 is 10.7 Å². The lowest BCUT2D eigenvalue weighted by atomic mass is 10.4. The summed E-state index contributed by atoms with van der Waals surface area (Å²) in [6.45, 7) is 0. The summed E-state index contributed by atoms with van der Waals surface area (Å²) in [7, 11) is 0.194. The van der Waals surface area contributed by atoms with Crippen molar-refractivity contribution in [3.63, 3.8) is 0 Å². The first-order valence-corrected chi connectivity index (χ1v) is 4.14. The van der Waals surface area contributed by atoms with Crippen molar-refractivity contribution in [1.82, 2.24) is 0 Å². The van der Waals surface area contributed by atoms with Crippen LogP contribution in [0.25, 0.3) is 0 Å². The highest BCUT2D eigenvalue weighted by atomic mass is 33.1. The molecule has 0 N–H and O–H groups in total. The molecule has 3 heteroatoms. The molecule has 0 unspecified atom stereocenters. The topological polar surface area (TPSA) is 17.1 Å². The Bertz CT molecular complexity index is 114. The normalized spacial score (nSPS) is 6.78. The zero-order chi connectivity index (χ0) is 6.95. The minimum absolute atomic E-state index is 0.194. The van der Waals surface area contributed by atoms with E-state index in [9.17, 15) is 0 Å². The molecule has 0 bridgehead atoms. The second-order valence-electron chi connectivity index (χ2n) is 1.23. The minimum Gasteiger partial charge on any atom is -0.0623 e. The fraction of sp³-hybridized carbons (Fsp3) is 0. The molecule has 0 aliphatic rings. The molecule has 0 radical (unpaired) electrons. The van der Waals surface area contributed by atoms with Gasteiger partial charge in [0.15, 0.2) is 0 Å². The van der Waals surface area contributed by atoms with Gasteiger partial charge in [0, 0.05) is 0 Å². The number of rotatable bonds is 0. The van der Waals surface area contributed by atoms with E-state index in [1.807, 2.05) is 36.4 Å². The Kier molecular flexibility index (Phi) is 7.24. The molecule has 0 fully saturated rings. The maximum absolute atomic E-state index is 8.71. The van der Waals surface area contributed by atoms with Crippen LogP contribution in [0, 0.1) is 0 Å². The SMILES string of the molecule is O=[S+]S.c1ccccc1. The third kappa shape index (κ3) is 7.59. The molecule has 0 saturated carbocycles. The summed E-state index contributed by atoms with van der Waals surface area (Å²) < 4.78 is 8.71. The Labute approximate surface area is 63.4 Å². The summed E-state index contributed by atoms with van der Waals surface area (Å²) in [6.07, 6.45) is 0. The van der Waals surface area contributed by atoms with Gasteiger partial charge in [-0.25, -0.2) is 0 Å². The van der Waals surface area contributed by atoms with Crippen LogP contribution in [0.1, 0.15) is 0 Å². The number of benzene rings is 1. The van der Waals surface area contributed by atoms with Gasteiger partial charge in [0.1, 0.15) is 0 Å². The van der Waals surface area contributed by atoms with Gasteiger partial charge in [-0.1, -0.05) is 36.4 Å². The van der Waals surface area contributed by atoms with Gasteiger partial charge in [-0.15, -0.1) is 0 Å². The van der Waals surface area contributed by atoms with Crippen molar-refractivity contribution in [3.05, 3.63) is 36.4 Å². The highest BCUT2D eigenvalue weighted by Gasteiger charge is 1.60. The Balaban J connectivity index is 0.000000187. The highest BCUT2D eigenvalue weighted by Crippen LogP contribution is 1.79. The quantitative estimate of drug-likeness (QED) is 0.348. The first-order valence-electron chi connectivity index (χ1n) is 2.35. The smallest absolute Gasteiger partial charge is 0.0623 e. The van der Waals surface area contributed by atoms with Crippen LogP contribution in [0.4, 0.5) is 0 Å². The van der Waals surface area contributed by atoms with E-state index < -0.39 is 0 Å². The fourth-order valence-corrected chi connectivity index (χ4v) is 0.385. The largest absolute Gasteiger partial charge is 0.545 e. The summed E-state index contributed by atoms with van der Waals surface area (Å²) >= 11 is 3.15. The van der Waals surface area contributed by atoms with E-state index in [4.69, 9.17) is 4.21 Å². The highest BCUT2D eigenvalue weighted by molar-refractivity contribution is 8.51. The van der Waals surface area contributed by atoms with Crippen molar-refractivity contribution in [2.45, 2.75) is 0 Å². The van der Waals surface area contributed by atoms with E-state index in [0.717, 1.165) is 0 Å². The van der Waals surface area contributed by atoms with Crippen LogP contribution in [0.15, 0.2) is 36.4 Å². The van der Waals surface area contributed by atoms with E-state index in [1.165, 1.54) is 0 Å². The molecular formula is C6H7OS2+. The molecule has 0 amide bonds. The van der Waals surface area contributed by atoms with Gasteiger partial charge in [-0.2, -0.15) is 0 Å². The van der Waals surface area contributed by atoms with Crippen molar-refractivity contribution in [2.75, 3.05) is 0 Å². The second-order valence-corrected chi connectivity index (χ2v) is 1.83. The lowest BCUT2D eigenvalue weighted by molar-refractivity contribution is 0.611. The van der Waals surface area contributed by atoms with E-state index in [2.05, 4.69) is 11.7 Å². The zero-order valence-electron chi connectivity index (χ0n) is 4.73. The van der Waals surface area contributed by atoms with Crippen LogP contribution in [-0.4, -0.2) is 0 Å². The summed E-state index contributed by atoms with van der Waals surface area (Å²) in [5, 5.41) is 0. The van der Waals surface area contributed by atoms with Crippen LogP contribution >= 0.6 is 11.7 Å². The van der Waals surface area contributed by atoms with Crippen LogP contribution in [0.5, 0.6) is 0 Å². The van der Waals surface area contributed by atoms with Gasteiger partial charge in [-0.3, -0.25) is 0 Å². The Morgan fingerprint density at radius 3 is 1.11 bits per heavy atom. The number of hydrogen-bond acceptors (Lipinski definition) is 1. The molecule has 0 aromatic heterocycles. The lowest BCUT2D eigenvalue weighted by Gasteiger charge is -1.69. The second kappa shape index (κ2) is 7.59. The van der Waals surface area contributed by atoms with Crippen molar-refractivity contribution in [3.8, 4) is 0 Å². The summed E-state index contributed by atoms with van der Waals surface area (Å²) in [4.78, 5) is 0. The number of thiol groups is 1. The summed E-state index contributed by atoms with van der Waals surface area (Å²) in [5.41, 5.74) is 0. The van der Waals surface area contributed by atoms with E-state index in [-0.39, 0.29) is 10.7 Å². The van der Waals surface area contributed by atoms with Gasteiger partial charge < -0.3 is 0 Å². The molecule has 1 aromatic rings. The summed E-state index contributed by atoms with van der Waals surface area (Å²) in [5.74, 6) is 0. The maximum Gasteiger partial charge on any atom is 0.545 e. The van der Waals surface area contributed by atoms with Gasteiger partial charge in [0.25, 0.3) is 0 Å². The zero-order valence-corrected chi connectivity index (χ0v) is 6.44. The molecular weight excluding hydrogens is 152 g/mol. The Morgan fingerprint density at radius 1 is 0.889 bits per heavy atom. The molecule has 9 heavy (non-hydrogen) atoms. The molecule has 0 aliphatic heterocycles. The Hall–Kier alpha value is -0.410. The lowest BCUT2D eigenvalue weighted by Crippen LogP contribution is -1.47. The molecule has 0 aliphatic carbocycles. The third-order valence-electron chi connectivity index (χ3n) is 0.667.